The molecule has 4 nitrogen and oxygen atoms in total. The van der Waals surface area contributed by atoms with Crippen molar-refractivity contribution in [3.05, 3.63) is 11.6 Å². The van der Waals surface area contributed by atoms with E-state index in [1.807, 2.05) is 0 Å². The molecule has 0 saturated heterocycles. The summed E-state index contributed by atoms with van der Waals surface area (Å²) in [4.78, 5) is 24.2. The lowest BCUT2D eigenvalue weighted by Crippen LogP contribution is -2.66. The van der Waals surface area contributed by atoms with Gasteiger partial charge in [0.25, 0.3) is 0 Å². The van der Waals surface area contributed by atoms with Crippen molar-refractivity contribution in [2.75, 3.05) is 0 Å². The maximum atomic E-state index is 12.5. The summed E-state index contributed by atoms with van der Waals surface area (Å²) >= 11 is 0. The molecule has 130 valence electrons. The predicted molar refractivity (Wildman–Crippen MR) is 92.5 cm³/mol. The first kappa shape index (κ1) is 18.4. The lowest BCUT2D eigenvalue weighted by molar-refractivity contribution is -0.184. The SMILES string of the molecule is CC(=O)OC1C2C(C)=CC(O[Si](C)(C)C)(CC2(C)C)C1C(C)=O. The molecule has 0 radical (unpaired) electrons. The Hall–Kier alpha value is -0.943. The van der Waals surface area contributed by atoms with Crippen molar-refractivity contribution in [3.63, 3.8) is 0 Å². The average Bonchev–Trinajstić information content (AvgIpc) is 2.19. The lowest BCUT2D eigenvalue weighted by atomic mass is 9.50. The van der Waals surface area contributed by atoms with Gasteiger partial charge in [-0.15, -0.1) is 0 Å². The third kappa shape index (κ3) is 3.31. The molecule has 23 heavy (non-hydrogen) atoms. The van der Waals surface area contributed by atoms with E-state index in [2.05, 4.69) is 46.5 Å². The Kier molecular flexibility index (Phi) is 4.44. The smallest absolute Gasteiger partial charge is 0.302 e. The van der Waals surface area contributed by atoms with Crippen molar-refractivity contribution in [3.8, 4) is 0 Å². The molecule has 0 aromatic rings. The zero-order chi connectivity index (χ0) is 17.8. The minimum atomic E-state index is -1.90. The zero-order valence-corrected chi connectivity index (χ0v) is 16.6. The maximum Gasteiger partial charge on any atom is 0.302 e. The highest BCUT2D eigenvalue weighted by atomic mass is 28.4. The van der Waals surface area contributed by atoms with Gasteiger partial charge in [0.2, 0.25) is 0 Å². The number of Topliss-reactive ketones (excluding diaryl/α,β-unsaturated/α-hetero) is 1. The highest BCUT2D eigenvalue weighted by Crippen LogP contribution is 2.59. The third-order valence-corrected chi connectivity index (χ3v) is 5.95. The lowest BCUT2D eigenvalue weighted by Gasteiger charge is -2.60. The molecule has 1 saturated carbocycles. The summed E-state index contributed by atoms with van der Waals surface area (Å²) in [7, 11) is -1.90. The molecule has 0 aromatic carbocycles. The van der Waals surface area contributed by atoms with Gasteiger partial charge in [-0.05, 0) is 45.3 Å². The molecule has 0 amide bonds. The van der Waals surface area contributed by atoms with Crippen LogP contribution in [0.5, 0.6) is 0 Å². The summed E-state index contributed by atoms with van der Waals surface area (Å²) in [5.74, 6) is -0.647. The van der Waals surface area contributed by atoms with E-state index in [0.29, 0.717) is 0 Å². The van der Waals surface area contributed by atoms with Gasteiger partial charge in [0, 0.05) is 12.8 Å². The number of rotatable bonds is 4. The number of fused-ring (bicyclic) bond motifs is 2. The highest BCUT2D eigenvalue weighted by molar-refractivity contribution is 6.69. The van der Waals surface area contributed by atoms with Crippen LogP contribution in [0.15, 0.2) is 11.6 Å². The first-order valence-electron chi connectivity index (χ1n) is 8.36. The van der Waals surface area contributed by atoms with Gasteiger partial charge in [-0.1, -0.05) is 25.5 Å². The van der Waals surface area contributed by atoms with Crippen LogP contribution < -0.4 is 0 Å². The van der Waals surface area contributed by atoms with Crippen LogP contribution >= 0.6 is 0 Å². The van der Waals surface area contributed by atoms with Gasteiger partial charge in [-0.3, -0.25) is 9.59 Å². The zero-order valence-electron chi connectivity index (χ0n) is 15.6. The molecular weight excluding hydrogens is 308 g/mol. The second-order valence-electron chi connectivity index (χ2n) is 8.86. The molecule has 0 heterocycles. The Morgan fingerprint density at radius 3 is 2.17 bits per heavy atom. The highest BCUT2D eigenvalue weighted by Gasteiger charge is 2.63. The average molecular weight is 339 g/mol. The standard InChI is InChI=1S/C18H30O4Si/c1-11-9-18(22-23(6,7)8)10-17(4,5)14(11)16(21-13(3)20)15(18)12(2)19/h9,14-16H,10H2,1-8H3. The van der Waals surface area contributed by atoms with E-state index >= 15 is 0 Å². The summed E-state index contributed by atoms with van der Waals surface area (Å²) in [6, 6.07) is 0. The predicted octanol–water partition coefficient (Wildman–Crippen LogP) is 3.72. The van der Waals surface area contributed by atoms with Crippen molar-refractivity contribution in [2.24, 2.45) is 17.3 Å². The number of hydrogen-bond acceptors (Lipinski definition) is 4. The van der Waals surface area contributed by atoms with E-state index in [9.17, 15) is 9.59 Å². The fourth-order valence-electron chi connectivity index (χ4n) is 4.94. The van der Waals surface area contributed by atoms with Crippen LogP contribution in [0, 0.1) is 17.3 Å². The van der Waals surface area contributed by atoms with Crippen LogP contribution in [0.1, 0.15) is 41.0 Å². The normalized spacial score (nSPS) is 35.7. The Morgan fingerprint density at radius 1 is 1.22 bits per heavy atom. The summed E-state index contributed by atoms with van der Waals surface area (Å²) < 4.78 is 12.3. The Labute approximate surface area is 140 Å². The monoisotopic (exact) mass is 338 g/mol. The number of ketones is 1. The first-order valence-corrected chi connectivity index (χ1v) is 11.8. The summed E-state index contributed by atoms with van der Waals surface area (Å²) in [6.45, 7) is 15.8. The van der Waals surface area contributed by atoms with Crippen molar-refractivity contribution in [2.45, 2.75) is 72.4 Å². The van der Waals surface area contributed by atoms with Crippen LogP contribution in [-0.2, 0) is 18.8 Å². The van der Waals surface area contributed by atoms with Gasteiger partial charge >= 0.3 is 5.97 Å². The van der Waals surface area contributed by atoms with Gasteiger partial charge in [-0.2, -0.15) is 0 Å². The molecule has 0 aliphatic heterocycles. The van der Waals surface area contributed by atoms with Gasteiger partial charge < -0.3 is 9.16 Å². The van der Waals surface area contributed by atoms with E-state index in [-0.39, 0.29) is 23.1 Å². The van der Waals surface area contributed by atoms with Crippen molar-refractivity contribution in [1.29, 1.82) is 0 Å². The van der Waals surface area contributed by atoms with Crippen LogP contribution in [0.2, 0.25) is 19.6 Å². The van der Waals surface area contributed by atoms with Gasteiger partial charge in [-0.25, -0.2) is 0 Å². The van der Waals surface area contributed by atoms with Crippen LogP contribution in [0.25, 0.3) is 0 Å². The van der Waals surface area contributed by atoms with E-state index in [1.54, 1.807) is 6.92 Å². The second kappa shape index (κ2) is 5.55. The Balaban J connectivity index is 2.62. The van der Waals surface area contributed by atoms with Crippen LogP contribution in [0.3, 0.4) is 0 Å². The second-order valence-corrected chi connectivity index (χ2v) is 13.3. The van der Waals surface area contributed by atoms with Gasteiger partial charge in [0.1, 0.15) is 11.9 Å². The maximum absolute atomic E-state index is 12.5. The number of ether oxygens (including phenoxy) is 1. The number of esters is 1. The summed E-state index contributed by atoms with van der Waals surface area (Å²) in [6.07, 6.45) is 2.50. The molecule has 0 spiro atoms. The fourth-order valence-corrected chi connectivity index (χ4v) is 6.34. The molecule has 5 heteroatoms. The first-order chi connectivity index (χ1) is 10.3. The molecule has 4 unspecified atom stereocenters. The molecule has 0 N–H and O–H groups in total. The number of hydrogen-bond donors (Lipinski definition) is 0. The molecule has 0 aromatic heterocycles. The van der Waals surface area contributed by atoms with E-state index in [4.69, 9.17) is 9.16 Å². The minimum Gasteiger partial charge on any atom is -0.461 e. The van der Waals surface area contributed by atoms with E-state index < -0.39 is 25.9 Å². The number of carbonyl (C=O) groups is 2. The van der Waals surface area contributed by atoms with E-state index in [0.717, 1.165) is 6.42 Å². The Morgan fingerprint density at radius 2 is 1.78 bits per heavy atom. The molecule has 4 atom stereocenters. The summed E-state index contributed by atoms with van der Waals surface area (Å²) in [5, 5.41) is 0. The quantitative estimate of drug-likeness (QED) is 0.445. The van der Waals surface area contributed by atoms with Gasteiger partial charge in [0.15, 0.2) is 8.32 Å². The minimum absolute atomic E-state index is 0.0405. The van der Waals surface area contributed by atoms with Crippen molar-refractivity contribution >= 4 is 20.1 Å². The number of carbonyl (C=O) groups excluding carboxylic acids is 2. The molecule has 3 aliphatic rings. The molecule has 2 bridgehead atoms. The molecule has 1 fully saturated rings. The topological polar surface area (TPSA) is 52.6 Å². The third-order valence-electron chi connectivity index (χ3n) is 4.96. The Bertz CT molecular complexity index is 558. The van der Waals surface area contributed by atoms with Crippen molar-refractivity contribution in [1.82, 2.24) is 0 Å². The molecule has 3 aliphatic carbocycles. The van der Waals surface area contributed by atoms with E-state index in [1.165, 1.54) is 12.5 Å². The molecule has 3 rings (SSSR count). The van der Waals surface area contributed by atoms with Crippen LogP contribution in [0.4, 0.5) is 0 Å². The van der Waals surface area contributed by atoms with Gasteiger partial charge in [0.05, 0.1) is 11.5 Å². The summed E-state index contributed by atoms with van der Waals surface area (Å²) in [5.41, 5.74) is 0.437. The van der Waals surface area contributed by atoms with Crippen molar-refractivity contribution < 1.29 is 18.8 Å². The largest absolute Gasteiger partial charge is 0.461 e. The van der Waals surface area contributed by atoms with Crippen LogP contribution in [-0.4, -0.2) is 31.8 Å². The molecular formula is C18H30O4Si. The fraction of sp³-hybridized carbons (Fsp3) is 0.778.